The number of aliphatic carboxylic acids is 1. The van der Waals surface area contributed by atoms with Crippen molar-refractivity contribution < 1.29 is 14.6 Å². The molecule has 4 atom stereocenters. The van der Waals surface area contributed by atoms with Gasteiger partial charge in [-0.2, -0.15) is 4.98 Å². The fourth-order valence-electron chi connectivity index (χ4n) is 3.74. The van der Waals surface area contributed by atoms with E-state index in [0.717, 1.165) is 19.3 Å². The van der Waals surface area contributed by atoms with Gasteiger partial charge in [-0.05, 0) is 44.9 Å². The van der Waals surface area contributed by atoms with E-state index in [-0.39, 0.29) is 18.1 Å². The largest absolute Gasteiger partial charge is 0.481 e. The molecule has 0 aliphatic heterocycles. The van der Waals surface area contributed by atoms with Crippen molar-refractivity contribution in [2.24, 2.45) is 17.8 Å². The topological polar surface area (TPSA) is 84.3 Å². The van der Waals surface area contributed by atoms with Crippen molar-refractivity contribution in [2.45, 2.75) is 45.3 Å². The van der Waals surface area contributed by atoms with E-state index in [0.29, 0.717) is 23.5 Å². The highest BCUT2D eigenvalue weighted by Crippen LogP contribution is 2.49. The fourth-order valence-corrected chi connectivity index (χ4v) is 3.74. The lowest BCUT2D eigenvalue weighted by Gasteiger charge is -2.29. The number of hydrogen-bond donors (Lipinski definition) is 2. The molecule has 6 nitrogen and oxygen atoms in total. The van der Waals surface area contributed by atoms with Gasteiger partial charge in [-0.3, -0.25) is 9.78 Å². The third kappa shape index (κ3) is 2.80. The highest BCUT2D eigenvalue weighted by atomic mass is 16.5. The Hall–Kier alpha value is -1.85. The number of anilines is 1. The van der Waals surface area contributed by atoms with E-state index >= 15 is 0 Å². The van der Waals surface area contributed by atoms with Crippen molar-refractivity contribution in [1.29, 1.82) is 0 Å². The molecule has 6 heteroatoms. The predicted octanol–water partition coefficient (Wildman–Crippen LogP) is 2.17. The molecule has 2 aliphatic rings. The summed E-state index contributed by atoms with van der Waals surface area (Å²) >= 11 is 0. The van der Waals surface area contributed by atoms with Crippen LogP contribution < -0.4 is 10.1 Å². The van der Waals surface area contributed by atoms with Gasteiger partial charge < -0.3 is 15.2 Å². The van der Waals surface area contributed by atoms with E-state index in [1.54, 1.807) is 12.4 Å². The lowest BCUT2D eigenvalue weighted by molar-refractivity contribution is -0.143. The zero-order valence-electron chi connectivity index (χ0n) is 12.3. The van der Waals surface area contributed by atoms with Crippen molar-refractivity contribution in [3.05, 3.63) is 12.4 Å². The predicted molar refractivity (Wildman–Crippen MR) is 77.2 cm³/mol. The first-order chi connectivity index (χ1) is 10.0. The minimum atomic E-state index is -0.706. The number of rotatable bonds is 5. The van der Waals surface area contributed by atoms with Gasteiger partial charge in [-0.15, -0.1) is 0 Å². The van der Waals surface area contributed by atoms with Crippen LogP contribution in [0.15, 0.2) is 12.4 Å². The lowest BCUT2D eigenvalue weighted by Crippen LogP contribution is -2.39. The van der Waals surface area contributed by atoms with Crippen LogP contribution in [0.25, 0.3) is 0 Å². The van der Waals surface area contributed by atoms with E-state index in [4.69, 9.17) is 4.74 Å². The van der Waals surface area contributed by atoms with Gasteiger partial charge in [0.1, 0.15) is 5.82 Å². The van der Waals surface area contributed by atoms with Crippen LogP contribution >= 0.6 is 0 Å². The van der Waals surface area contributed by atoms with Crippen LogP contribution in [0.5, 0.6) is 5.88 Å². The van der Waals surface area contributed by atoms with Crippen LogP contribution in [-0.2, 0) is 4.79 Å². The fraction of sp³-hybridized carbons (Fsp3) is 0.667. The first-order valence-corrected chi connectivity index (χ1v) is 7.52. The molecule has 1 aromatic heterocycles. The number of ether oxygens (including phenoxy) is 1. The Balaban J connectivity index is 1.75. The number of nitrogens with zero attached hydrogens (tertiary/aromatic N) is 2. The number of carbonyl (C=O) groups is 1. The van der Waals surface area contributed by atoms with Gasteiger partial charge in [0.2, 0.25) is 5.88 Å². The summed E-state index contributed by atoms with van der Waals surface area (Å²) in [5.41, 5.74) is 0. The molecule has 0 aromatic carbocycles. The number of hydrogen-bond acceptors (Lipinski definition) is 5. The van der Waals surface area contributed by atoms with Gasteiger partial charge in [0, 0.05) is 6.04 Å². The van der Waals surface area contributed by atoms with Crippen molar-refractivity contribution in [1.82, 2.24) is 9.97 Å². The smallest absolute Gasteiger partial charge is 0.308 e. The van der Waals surface area contributed by atoms with E-state index in [2.05, 4.69) is 15.3 Å². The second kappa shape index (κ2) is 5.50. The summed E-state index contributed by atoms with van der Waals surface area (Å²) in [4.78, 5) is 20.0. The molecule has 0 saturated heterocycles. The van der Waals surface area contributed by atoms with Crippen molar-refractivity contribution in [2.75, 3.05) is 5.32 Å². The summed E-state index contributed by atoms with van der Waals surface area (Å²) in [5, 5.41) is 12.7. The van der Waals surface area contributed by atoms with Crippen LogP contribution in [0.2, 0.25) is 0 Å². The van der Waals surface area contributed by atoms with Gasteiger partial charge in [0.05, 0.1) is 24.4 Å². The average Bonchev–Trinajstić information content (AvgIpc) is 2.98. The van der Waals surface area contributed by atoms with Gasteiger partial charge in [0.15, 0.2) is 0 Å². The molecule has 2 bridgehead atoms. The molecule has 4 unspecified atom stereocenters. The standard InChI is InChI=1S/C15H21N3O3/c1-8(2)21-12-7-16-6-11(17-12)18-14-10-4-3-9(5-10)13(14)15(19)20/h6-10,13-14H,3-5H2,1-2H3,(H,17,18)(H,19,20). The van der Waals surface area contributed by atoms with Crippen LogP contribution in [0, 0.1) is 17.8 Å². The zero-order chi connectivity index (χ0) is 15.0. The van der Waals surface area contributed by atoms with Crippen LogP contribution in [-0.4, -0.2) is 33.2 Å². The zero-order valence-corrected chi connectivity index (χ0v) is 12.3. The van der Waals surface area contributed by atoms with Gasteiger partial charge in [-0.1, -0.05) is 0 Å². The minimum absolute atomic E-state index is 0.0313. The van der Waals surface area contributed by atoms with Gasteiger partial charge in [-0.25, -0.2) is 0 Å². The molecule has 0 radical (unpaired) electrons. The van der Waals surface area contributed by atoms with Crippen LogP contribution in [0.4, 0.5) is 5.82 Å². The molecule has 3 rings (SSSR count). The van der Waals surface area contributed by atoms with Crippen molar-refractivity contribution >= 4 is 11.8 Å². The van der Waals surface area contributed by atoms with Crippen LogP contribution in [0.3, 0.4) is 0 Å². The monoisotopic (exact) mass is 291 g/mol. The van der Waals surface area contributed by atoms with Crippen LogP contribution in [0.1, 0.15) is 33.1 Å². The number of carboxylic acid groups (broad SMARTS) is 1. The van der Waals surface area contributed by atoms with E-state index in [1.165, 1.54) is 0 Å². The lowest BCUT2D eigenvalue weighted by atomic mass is 9.84. The third-order valence-electron chi connectivity index (χ3n) is 4.48. The second-order valence-electron chi connectivity index (χ2n) is 6.28. The highest BCUT2D eigenvalue weighted by molar-refractivity contribution is 5.73. The number of fused-ring (bicyclic) bond motifs is 2. The second-order valence-corrected chi connectivity index (χ2v) is 6.28. The number of nitrogens with one attached hydrogen (secondary N) is 1. The molecule has 21 heavy (non-hydrogen) atoms. The average molecular weight is 291 g/mol. The normalized spacial score (nSPS) is 30.6. The number of carboxylic acids is 1. The summed E-state index contributed by atoms with van der Waals surface area (Å²) in [5.74, 6) is 0.755. The minimum Gasteiger partial charge on any atom is -0.481 e. The molecule has 0 amide bonds. The molecule has 2 saturated carbocycles. The molecule has 2 fully saturated rings. The van der Waals surface area contributed by atoms with Gasteiger partial charge >= 0.3 is 5.97 Å². The Morgan fingerprint density at radius 1 is 1.38 bits per heavy atom. The van der Waals surface area contributed by atoms with Crippen molar-refractivity contribution in [3.63, 3.8) is 0 Å². The summed E-state index contributed by atoms with van der Waals surface area (Å²) < 4.78 is 5.53. The quantitative estimate of drug-likeness (QED) is 0.865. The summed E-state index contributed by atoms with van der Waals surface area (Å²) in [6.45, 7) is 3.86. The summed E-state index contributed by atoms with van der Waals surface area (Å²) in [6.07, 6.45) is 6.36. The maximum atomic E-state index is 11.5. The Bertz CT molecular complexity index is 535. The first kappa shape index (κ1) is 14.1. The maximum absolute atomic E-state index is 11.5. The SMILES string of the molecule is CC(C)Oc1cncc(NC2C3CCC(C3)C2C(=O)O)n1. The first-order valence-electron chi connectivity index (χ1n) is 7.52. The Kier molecular flexibility index (Phi) is 3.69. The summed E-state index contributed by atoms with van der Waals surface area (Å²) in [7, 11) is 0. The third-order valence-corrected chi connectivity index (χ3v) is 4.48. The maximum Gasteiger partial charge on any atom is 0.308 e. The molecule has 114 valence electrons. The molecule has 2 aliphatic carbocycles. The Labute approximate surface area is 123 Å². The molecule has 1 heterocycles. The molecular formula is C15H21N3O3. The van der Waals surface area contributed by atoms with E-state index in [9.17, 15) is 9.90 Å². The van der Waals surface area contributed by atoms with Gasteiger partial charge in [0.25, 0.3) is 0 Å². The van der Waals surface area contributed by atoms with E-state index < -0.39 is 5.97 Å². The van der Waals surface area contributed by atoms with Crippen molar-refractivity contribution in [3.8, 4) is 5.88 Å². The van der Waals surface area contributed by atoms with E-state index in [1.807, 2.05) is 13.8 Å². The number of aromatic nitrogens is 2. The molecule has 2 N–H and O–H groups in total. The highest BCUT2D eigenvalue weighted by Gasteiger charge is 2.51. The molecule has 0 spiro atoms. The summed E-state index contributed by atoms with van der Waals surface area (Å²) in [6, 6.07) is -0.0511. The Morgan fingerprint density at radius 3 is 2.86 bits per heavy atom. The molecular weight excluding hydrogens is 270 g/mol. The molecule has 1 aromatic rings. The Morgan fingerprint density at radius 2 is 2.14 bits per heavy atom.